The number of rotatable bonds is 3. The third-order valence-corrected chi connectivity index (χ3v) is 5.46. The Balaban J connectivity index is 1.67. The maximum absolute atomic E-state index is 12.9. The molecule has 3 heterocycles. The average molecular weight is 339 g/mol. The van der Waals surface area contributed by atoms with Crippen LogP contribution in [0.3, 0.4) is 0 Å². The smallest absolute Gasteiger partial charge is 0.228 e. The molecule has 1 aromatic heterocycles. The quantitative estimate of drug-likeness (QED) is 0.863. The van der Waals surface area contributed by atoms with Crippen molar-refractivity contribution in [3.05, 3.63) is 47.3 Å². The van der Waals surface area contributed by atoms with Crippen LogP contribution in [0.25, 0.3) is 5.69 Å². The van der Waals surface area contributed by atoms with Gasteiger partial charge in [-0.25, -0.2) is 4.68 Å². The minimum atomic E-state index is -0.175. The first kappa shape index (κ1) is 16.3. The van der Waals surface area contributed by atoms with Crippen LogP contribution >= 0.6 is 0 Å². The van der Waals surface area contributed by atoms with E-state index in [0.717, 1.165) is 55.0 Å². The predicted octanol–water partition coefficient (Wildman–Crippen LogP) is 3.19. The van der Waals surface area contributed by atoms with Gasteiger partial charge < -0.3 is 9.64 Å². The number of aryl methyl sites for hydroxylation is 1. The van der Waals surface area contributed by atoms with Crippen LogP contribution in [0.5, 0.6) is 0 Å². The van der Waals surface area contributed by atoms with Crippen molar-refractivity contribution in [2.24, 2.45) is 5.92 Å². The molecule has 2 aliphatic rings. The Bertz CT molecular complexity index is 763. The van der Waals surface area contributed by atoms with E-state index in [2.05, 4.69) is 6.92 Å². The van der Waals surface area contributed by atoms with Crippen LogP contribution < -0.4 is 0 Å². The number of benzene rings is 1. The molecule has 0 unspecified atom stereocenters. The second-order valence-electron chi connectivity index (χ2n) is 7.05. The number of amides is 1. The monoisotopic (exact) mass is 339 g/mol. The highest BCUT2D eigenvalue weighted by atomic mass is 16.5. The average Bonchev–Trinajstić information content (AvgIpc) is 3.36. The van der Waals surface area contributed by atoms with Gasteiger partial charge in [-0.1, -0.05) is 18.2 Å². The van der Waals surface area contributed by atoms with E-state index >= 15 is 0 Å². The standard InChI is InChI=1S/C20H25N3O2/c1-14-18(15(2)23(21-14)16-8-4-3-5-9-16)19-17(10-13-25-19)20(24)22-11-6-7-12-22/h3-5,8-9,17,19H,6-7,10-13H2,1-2H3/t17-,19-/m0/s1. The van der Waals surface area contributed by atoms with Gasteiger partial charge in [0.1, 0.15) is 0 Å². The number of ether oxygens (including phenoxy) is 1. The van der Waals surface area contributed by atoms with Crippen molar-refractivity contribution in [2.75, 3.05) is 19.7 Å². The van der Waals surface area contributed by atoms with Crippen molar-refractivity contribution in [1.29, 1.82) is 0 Å². The van der Waals surface area contributed by atoms with Gasteiger partial charge in [0.05, 0.1) is 23.4 Å². The molecule has 2 saturated heterocycles. The van der Waals surface area contributed by atoms with Crippen molar-refractivity contribution in [1.82, 2.24) is 14.7 Å². The zero-order chi connectivity index (χ0) is 17.4. The van der Waals surface area contributed by atoms with Crippen molar-refractivity contribution in [3.63, 3.8) is 0 Å². The highest BCUT2D eigenvalue weighted by Crippen LogP contribution is 2.39. The Kier molecular flexibility index (Phi) is 4.34. The lowest BCUT2D eigenvalue weighted by molar-refractivity contribution is -0.136. The number of carbonyl (C=O) groups excluding carboxylic acids is 1. The third kappa shape index (κ3) is 2.86. The summed E-state index contributed by atoms with van der Waals surface area (Å²) in [7, 11) is 0. The molecule has 2 aliphatic heterocycles. The van der Waals surface area contributed by atoms with Crippen LogP contribution in [0.4, 0.5) is 0 Å². The highest BCUT2D eigenvalue weighted by Gasteiger charge is 2.40. The van der Waals surface area contributed by atoms with Crippen molar-refractivity contribution in [3.8, 4) is 5.69 Å². The summed E-state index contributed by atoms with van der Waals surface area (Å²) in [6.07, 6.45) is 2.86. The maximum Gasteiger partial charge on any atom is 0.228 e. The maximum atomic E-state index is 12.9. The van der Waals surface area contributed by atoms with Crippen LogP contribution in [0.1, 0.15) is 42.3 Å². The summed E-state index contributed by atoms with van der Waals surface area (Å²) in [5, 5.41) is 4.73. The zero-order valence-electron chi connectivity index (χ0n) is 14.9. The molecule has 4 rings (SSSR count). The summed E-state index contributed by atoms with van der Waals surface area (Å²) in [6.45, 7) is 6.51. The number of hydrogen-bond acceptors (Lipinski definition) is 3. The topological polar surface area (TPSA) is 47.4 Å². The van der Waals surface area contributed by atoms with Crippen molar-refractivity contribution in [2.45, 2.75) is 39.2 Å². The van der Waals surface area contributed by atoms with Crippen LogP contribution in [-0.4, -0.2) is 40.3 Å². The Hall–Kier alpha value is -2.14. The number of para-hydroxylation sites is 1. The van der Waals surface area contributed by atoms with Gasteiger partial charge in [0.2, 0.25) is 5.91 Å². The van der Waals surface area contributed by atoms with E-state index in [0.29, 0.717) is 6.61 Å². The van der Waals surface area contributed by atoms with Crippen LogP contribution in [0.15, 0.2) is 30.3 Å². The van der Waals surface area contributed by atoms with Crippen molar-refractivity contribution >= 4 is 5.91 Å². The van der Waals surface area contributed by atoms with E-state index in [1.807, 2.05) is 46.8 Å². The number of hydrogen-bond donors (Lipinski definition) is 0. The SMILES string of the molecule is Cc1nn(-c2ccccc2)c(C)c1[C@H]1OCC[C@@H]1C(=O)N1CCCC1. The lowest BCUT2D eigenvalue weighted by Crippen LogP contribution is -2.35. The number of nitrogens with zero attached hydrogens (tertiary/aromatic N) is 3. The molecule has 1 amide bonds. The lowest BCUT2D eigenvalue weighted by Gasteiger charge is -2.24. The summed E-state index contributed by atoms with van der Waals surface area (Å²) in [4.78, 5) is 15.0. The molecule has 0 radical (unpaired) electrons. The summed E-state index contributed by atoms with van der Waals surface area (Å²) < 4.78 is 8.00. The Labute approximate surface area is 148 Å². The molecule has 0 saturated carbocycles. The molecule has 0 N–H and O–H groups in total. The van der Waals surface area contributed by atoms with Gasteiger partial charge >= 0.3 is 0 Å². The van der Waals surface area contributed by atoms with E-state index in [1.165, 1.54) is 0 Å². The van der Waals surface area contributed by atoms with Gasteiger partial charge in [-0.05, 0) is 45.2 Å². The molecule has 0 aliphatic carbocycles. The third-order valence-electron chi connectivity index (χ3n) is 5.46. The van der Waals surface area contributed by atoms with Gasteiger partial charge in [0.25, 0.3) is 0 Å². The molecule has 2 aromatic rings. The summed E-state index contributed by atoms with van der Waals surface area (Å²) in [6, 6.07) is 10.1. The fourth-order valence-corrected chi connectivity index (χ4v) is 4.19. The molecule has 0 bridgehead atoms. The Morgan fingerprint density at radius 2 is 1.88 bits per heavy atom. The van der Waals surface area contributed by atoms with Gasteiger partial charge in [-0.3, -0.25) is 4.79 Å². The van der Waals surface area contributed by atoms with Gasteiger partial charge in [-0.2, -0.15) is 5.10 Å². The molecule has 5 nitrogen and oxygen atoms in total. The molecule has 5 heteroatoms. The molecule has 1 aromatic carbocycles. The fourth-order valence-electron chi connectivity index (χ4n) is 4.19. The predicted molar refractivity (Wildman–Crippen MR) is 95.7 cm³/mol. The van der Waals surface area contributed by atoms with Crippen LogP contribution in [-0.2, 0) is 9.53 Å². The fraction of sp³-hybridized carbons (Fsp3) is 0.500. The minimum absolute atomic E-state index is 0.0797. The first-order chi connectivity index (χ1) is 12.2. The second kappa shape index (κ2) is 6.64. The van der Waals surface area contributed by atoms with E-state index in [-0.39, 0.29) is 17.9 Å². The van der Waals surface area contributed by atoms with Gasteiger partial charge in [0, 0.05) is 31.0 Å². The Morgan fingerprint density at radius 3 is 2.60 bits per heavy atom. The molecule has 0 spiro atoms. The van der Waals surface area contributed by atoms with Crippen LogP contribution in [0, 0.1) is 19.8 Å². The molecule has 132 valence electrons. The van der Waals surface area contributed by atoms with E-state index in [4.69, 9.17) is 9.84 Å². The molecule has 2 fully saturated rings. The largest absolute Gasteiger partial charge is 0.373 e. The van der Waals surface area contributed by atoms with E-state index < -0.39 is 0 Å². The number of aromatic nitrogens is 2. The van der Waals surface area contributed by atoms with Gasteiger partial charge in [-0.15, -0.1) is 0 Å². The zero-order valence-corrected chi connectivity index (χ0v) is 14.9. The van der Waals surface area contributed by atoms with Crippen LogP contribution in [0.2, 0.25) is 0 Å². The second-order valence-corrected chi connectivity index (χ2v) is 7.05. The summed E-state index contributed by atoms with van der Waals surface area (Å²) >= 11 is 0. The first-order valence-corrected chi connectivity index (χ1v) is 9.18. The van der Waals surface area contributed by atoms with Crippen molar-refractivity contribution < 1.29 is 9.53 Å². The lowest BCUT2D eigenvalue weighted by atomic mass is 9.92. The molecule has 2 atom stereocenters. The molecular weight excluding hydrogens is 314 g/mol. The van der Waals surface area contributed by atoms with E-state index in [1.54, 1.807) is 0 Å². The number of likely N-dealkylation sites (tertiary alicyclic amines) is 1. The summed E-state index contributed by atoms with van der Waals surface area (Å²) in [5.74, 6) is 0.176. The normalized spacial score (nSPS) is 23.4. The highest BCUT2D eigenvalue weighted by molar-refractivity contribution is 5.80. The molecular formula is C20H25N3O2. The molecule has 25 heavy (non-hydrogen) atoms. The summed E-state index contributed by atoms with van der Waals surface area (Å²) in [5.41, 5.74) is 4.14. The number of carbonyl (C=O) groups is 1. The van der Waals surface area contributed by atoms with E-state index in [9.17, 15) is 4.79 Å². The minimum Gasteiger partial charge on any atom is -0.373 e. The van der Waals surface area contributed by atoms with Gasteiger partial charge in [0.15, 0.2) is 0 Å². The first-order valence-electron chi connectivity index (χ1n) is 9.18. The Morgan fingerprint density at radius 1 is 1.16 bits per heavy atom.